The number of aliphatic hydroxyl groups is 6. The first kappa shape index (κ1) is 62.9. The Morgan fingerprint density at radius 1 is 0.544 bits per heavy atom. The minimum Gasteiger partial charge on any atom is -0.455 e. The van der Waals surface area contributed by atoms with E-state index in [-0.39, 0.29) is 24.7 Å². The smallest absolute Gasteiger partial charge is 0.309 e. The molecule has 0 saturated carbocycles. The van der Waals surface area contributed by atoms with E-state index in [0.29, 0.717) is 12.8 Å². The van der Waals surface area contributed by atoms with Crippen LogP contribution in [0.15, 0.2) is 0 Å². The van der Waals surface area contributed by atoms with Gasteiger partial charge in [0.15, 0.2) is 36.9 Å². The minimum atomic E-state index is -1.79. The van der Waals surface area contributed by atoms with Crippen molar-refractivity contribution in [2.24, 2.45) is 17.8 Å². The van der Waals surface area contributed by atoms with Crippen molar-refractivity contribution in [3.63, 3.8) is 0 Å². The van der Waals surface area contributed by atoms with Crippen molar-refractivity contribution in [2.45, 2.75) is 275 Å². The zero-order chi connectivity index (χ0) is 50.1. The normalized spacial score (nSPS) is 27.1. The van der Waals surface area contributed by atoms with Crippen LogP contribution < -0.4 is 0 Å². The van der Waals surface area contributed by atoms with Crippen molar-refractivity contribution >= 4 is 24.3 Å². The maximum atomic E-state index is 14.0. The van der Waals surface area contributed by atoms with Gasteiger partial charge in [-0.05, 0) is 25.2 Å². The third-order valence-corrected chi connectivity index (χ3v) is 14.1. The van der Waals surface area contributed by atoms with Crippen molar-refractivity contribution in [1.82, 2.24) is 0 Å². The number of carbonyl (C=O) groups excluding carboxylic acids is 2. The number of carbonyl (C=O) groups is 2. The van der Waals surface area contributed by atoms with Gasteiger partial charge in [-0.2, -0.15) is 0 Å². The Kier molecular flexibility index (Phi) is 35.5. The van der Waals surface area contributed by atoms with Gasteiger partial charge in [0.05, 0.1) is 31.2 Å². The topological polar surface area (TPSA) is 250 Å². The van der Waals surface area contributed by atoms with E-state index in [0.717, 1.165) is 44.9 Å². The van der Waals surface area contributed by atoms with Crippen LogP contribution in [0.3, 0.4) is 0 Å². The molecular weight excluding hydrogens is 905 g/mol. The Hall–Kier alpha value is -1.23. The second-order valence-electron chi connectivity index (χ2n) is 19.6. The van der Waals surface area contributed by atoms with Crippen LogP contribution in [0.5, 0.6) is 0 Å². The van der Waals surface area contributed by atoms with E-state index in [2.05, 4.69) is 23.2 Å². The first-order valence-corrected chi connectivity index (χ1v) is 27.1. The summed E-state index contributed by atoms with van der Waals surface area (Å²) in [6.07, 6.45) is 12.8. The number of aliphatic hydroxyl groups excluding tert-OH is 6. The molecule has 14 unspecified atom stereocenters. The summed E-state index contributed by atoms with van der Waals surface area (Å²) in [5, 5.41) is 76.6. The molecule has 0 bridgehead atoms. The van der Waals surface area contributed by atoms with Gasteiger partial charge in [-0.3, -0.25) is 13.8 Å². The summed E-state index contributed by atoms with van der Waals surface area (Å²) in [5.41, 5.74) is 0. The molecule has 0 aliphatic carbocycles. The fourth-order valence-electron chi connectivity index (χ4n) is 9.09. The molecule has 0 amide bonds. The fourth-order valence-corrected chi connectivity index (χ4v) is 9.44. The Morgan fingerprint density at radius 2 is 0.956 bits per heavy atom. The lowest BCUT2D eigenvalue weighted by Crippen LogP contribution is -2.65. The summed E-state index contributed by atoms with van der Waals surface area (Å²) in [6, 6.07) is 0. The van der Waals surface area contributed by atoms with E-state index in [1.165, 1.54) is 109 Å². The molecule has 2 rings (SSSR count). The maximum absolute atomic E-state index is 14.0. The molecule has 68 heavy (non-hydrogen) atoms. The number of unbranched alkanes of at least 4 members (excludes halogenated alkanes) is 22. The van der Waals surface area contributed by atoms with Gasteiger partial charge in [-0.1, -0.05) is 194 Å². The van der Waals surface area contributed by atoms with Crippen molar-refractivity contribution in [3.05, 3.63) is 0 Å². The highest BCUT2D eigenvalue weighted by Gasteiger charge is 2.54. The van der Waals surface area contributed by atoms with Crippen molar-refractivity contribution in [3.8, 4) is 0 Å². The van der Waals surface area contributed by atoms with Crippen LogP contribution in [-0.2, 0) is 46.8 Å². The molecule has 0 aromatic rings. The lowest BCUT2D eigenvalue weighted by atomic mass is 9.90. The van der Waals surface area contributed by atoms with E-state index < -0.39 is 105 Å². The molecule has 2 saturated heterocycles. The highest BCUT2D eigenvalue weighted by Crippen LogP contribution is 2.35. The fraction of sp³-hybridized carbons (Fsp3) is 0.960. The number of hydrogen-bond acceptors (Lipinski definition) is 18. The standard InChI is InChI=1S/C50H94O17S/c1-6-8-10-12-14-16-18-19-21-23-25-27-29-31-38(53)36(4)32-37(5)48(58)63-46-44(62-47(57)35(3)30-28-26-24-22-20-17-15-13-11-9-7-2)42(55)40(34-52)61-50(46)64-49-45(65-68-67-66-59)43(56)41(54)39(33-51)60-49/h35-46,49-56,59H,6-34H2,1-5H3. The largest absolute Gasteiger partial charge is 0.455 e. The Balaban J connectivity index is 2.12. The van der Waals surface area contributed by atoms with Crippen molar-refractivity contribution in [1.29, 1.82) is 0 Å². The van der Waals surface area contributed by atoms with Crippen LogP contribution in [-0.4, -0.2) is 129 Å². The predicted molar refractivity (Wildman–Crippen MR) is 257 cm³/mol. The number of hydrogen-bond donors (Lipinski definition) is 7. The molecule has 2 aliphatic rings. The molecule has 2 aliphatic heterocycles. The second-order valence-corrected chi connectivity index (χ2v) is 20.0. The van der Waals surface area contributed by atoms with Crippen LogP contribution in [0.2, 0.25) is 0 Å². The average Bonchev–Trinajstić information content (AvgIpc) is 3.33. The highest BCUT2D eigenvalue weighted by atomic mass is 32.2. The van der Waals surface area contributed by atoms with E-state index in [9.17, 15) is 40.2 Å². The predicted octanol–water partition coefficient (Wildman–Crippen LogP) is 8.56. The zero-order valence-corrected chi connectivity index (χ0v) is 43.0. The highest BCUT2D eigenvalue weighted by molar-refractivity contribution is 7.89. The maximum Gasteiger partial charge on any atom is 0.309 e. The van der Waals surface area contributed by atoms with E-state index in [1.54, 1.807) is 13.8 Å². The van der Waals surface area contributed by atoms with Crippen molar-refractivity contribution in [2.75, 3.05) is 13.2 Å². The van der Waals surface area contributed by atoms with E-state index >= 15 is 0 Å². The van der Waals surface area contributed by atoms with Crippen LogP contribution in [0.4, 0.5) is 0 Å². The minimum absolute atomic E-state index is 0.0481. The van der Waals surface area contributed by atoms with Crippen molar-refractivity contribution < 1.29 is 82.7 Å². The van der Waals surface area contributed by atoms with Crippen LogP contribution in [0.25, 0.3) is 0 Å². The van der Waals surface area contributed by atoms with Crippen LogP contribution >= 0.6 is 12.3 Å². The molecule has 0 radical (unpaired) electrons. The lowest BCUT2D eigenvalue weighted by molar-refractivity contribution is -0.435. The molecule has 2 heterocycles. The Morgan fingerprint density at radius 3 is 1.43 bits per heavy atom. The molecule has 18 heteroatoms. The Bertz CT molecular complexity index is 1250. The molecule has 14 atom stereocenters. The summed E-state index contributed by atoms with van der Waals surface area (Å²) in [7, 11) is 0. The van der Waals surface area contributed by atoms with E-state index in [1.807, 2.05) is 6.92 Å². The van der Waals surface area contributed by atoms with Gasteiger partial charge < -0.3 is 54.3 Å². The van der Waals surface area contributed by atoms with Crippen LogP contribution in [0, 0.1) is 17.8 Å². The summed E-state index contributed by atoms with van der Waals surface area (Å²) < 4.78 is 39.3. The molecule has 2 fully saturated rings. The van der Waals surface area contributed by atoms with E-state index in [4.69, 9.17) is 33.1 Å². The quantitative estimate of drug-likeness (QED) is 0.00996. The number of rotatable bonds is 41. The first-order valence-electron chi connectivity index (χ1n) is 26.5. The van der Waals surface area contributed by atoms with Gasteiger partial charge in [0.25, 0.3) is 0 Å². The summed E-state index contributed by atoms with van der Waals surface area (Å²) in [6.45, 7) is 8.12. The molecule has 7 N–H and O–H groups in total. The molecular formula is C50H94O17S. The summed E-state index contributed by atoms with van der Waals surface area (Å²) in [4.78, 5) is 27.7. The van der Waals surface area contributed by atoms with Gasteiger partial charge in [-0.25, -0.2) is 5.26 Å². The third-order valence-electron chi connectivity index (χ3n) is 13.6. The van der Waals surface area contributed by atoms with Gasteiger partial charge in [0, 0.05) is 0 Å². The average molecular weight is 999 g/mol. The monoisotopic (exact) mass is 999 g/mol. The SMILES string of the molecule is CCCCCCCCCCCCCCCC(O)C(C)CC(C)C(=O)OC1C(OC2OC(CO)C(O)C(O)C2OSOOO)OC(CO)C(O)C1OC(=O)C(C)CCCCCCCCCCCCC. The van der Waals surface area contributed by atoms with Crippen LogP contribution in [0.1, 0.15) is 208 Å². The molecule has 402 valence electrons. The summed E-state index contributed by atoms with van der Waals surface area (Å²) in [5.74, 6) is -3.12. The molecule has 0 aromatic carbocycles. The molecule has 0 spiro atoms. The lowest BCUT2D eigenvalue weighted by Gasteiger charge is -2.46. The second kappa shape index (κ2) is 38.4. The molecule has 17 nitrogen and oxygen atoms in total. The molecule has 0 aromatic heterocycles. The van der Waals surface area contributed by atoms with Gasteiger partial charge in [-0.15, -0.1) is 4.33 Å². The van der Waals surface area contributed by atoms with Gasteiger partial charge in [0.1, 0.15) is 30.5 Å². The first-order chi connectivity index (χ1) is 32.8. The summed E-state index contributed by atoms with van der Waals surface area (Å²) >= 11 is 0.0481. The number of ether oxygens (including phenoxy) is 5. The van der Waals surface area contributed by atoms with Gasteiger partial charge >= 0.3 is 11.9 Å². The Labute approximate surface area is 412 Å². The number of esters is 2. The van der Waals surface area contributed by atoms with Gasteiger partial charge in [0.2, 0.25) is 6.29 Å². The third kappa shape index (κ3) is 24.5. The zero-order valence-electron chi connectivity index (χ0n) is 42.2.